The highest BCUT2D eigenvalue weighted by Crippen LogP contribution is 2.20. The van der Waals surface area contributed by atoms with Crippen LogP contribution in [0.1, 0.15) is 5.69 Å². The van der Waals surface area contributed by atoms with Gasteiger partial charge in [-0.2, -0.15) is 0 Å². The summed E-state index contributed by atoms with van der Waals surface area (Å²) >= 11 is 5.76. The van der Waals surface area contributed by atoms with E-state index in [2.05, 4.69) is 9.97 Å². The second kappa shape index (κ2) is 2.20. The maximum Gasteiger partial charge on any atom is 0.191 e. The molecule has 2 aromatic rings. The SMILES string of the molecule is Cc1cc2ncoc2c(Cl)n1. The average Bonchev–Trinajstić information content (AvgIpc) is 2.34. The first-order valence-electron chi connectivity index (χ1n) is 3.14. The van der Waals surface area contributed by atoms with Crippen LogP contribution in [-0.2, 0) is 0 Å². The Hall–Kier alpha value is -1.09. The number of aromatic nitrogens is 2. The van der Waals surface area contributed by atoms with E-state index in [1.807, 2.05) is 13.0 Å². The lowest BCUT2D eigenvalue weighted by atomic mass is 10.3. The van der Waals surface area contributed by atoms with E-state index in [9.17, 15) is 0 Å². The van der Waals surface area contributed by atoms with Gasteiger partial charge >= 0.3 is 0 Å². The number of hydrogen-bond acceptors (Lipinski definition) is 3. The molecule has 4 heteroatoms. The first-order valence-corrected chi connectivity index (χ1v) is 3.51. The van der Waals surface area contributed by atoms with E-state index in [1.165, 1.54) is 6.39 Å². The van der Waals surface area contributed by atoms with Crippen LogP contribution in [0.2, 0.25) is 5.15 Å². The van der Waals surface area contributed by atoms with E-state index >= 15 is 0 Å². The number of oxazole rings is 1. The molecule has 0 unspecified atom stereocenters. The van der Waals surface area contributed by atoms with Crippen molar-refractivity contribution in [3.8, 4) is 0 Å². The molecular formula is C7H5ClN2O. The van der Waals surface area contributed by atoms with Crippen molar-refractivity contribution in [3.05, 3.63) is 23.3 Å². The maximum absolute atomic E-state index is 5.76. The highest BCUT2D eigenvalue weighted by atomic mass is 35.5. The first kappa shape index (κ1) is 6.61. The fraction of sp³-hybridized carbons (Fsp3) is 0.143. The van der Waals surface area contributed by atoms with Gasteiger partial charge in [0.25, 0.3) is 0 Å². The Morgan fingerprint density at radius 3 is 3.18 bits per heavy atom. The monoisotopic (exact) mass is 168 g/mol. The molecular weight excluding hydrogens is 164 g/mol. The van der Waals surface area contributed by atoms with E-state index < -0.39 is 0 Å². The molecule has 0 radical (unpaired) electrons. The second-order valence-electron chi connectivity index (χ2n) is 2.26. The summed E-state index contributed by atoms with van der Waals surface area (Å²) in [5, 5.41) is 0.373. The van der Waals surface area contributed by atoms with Crippen LogP contribution in [-0.4, -0.2) is 9.97 Å². The van der Waals surface area contributed by atoms with Crippen LogP contribution in [0.5, 0.6) is 0 Å². The van der Waals surface area contributed by atoms with E-state index in [0.717, 1.165) is 11.2 Å². The van der Waals surface area contributed by atoms with Crippen molar-refractivity contribution in [2.24, 2.45) is 0 Å². The van der Waals surface area contributed by atoms with Crippen molar-refractivity contribution in [2.75, 3.05) is 0 Å². The minimum Gasteiger partial charge on any atom is -0.440 e. The lowest BCUT2D eigenvalue weighted by molar-refractivity contribution is 0.601. The summed E-state index contributed by atoms with van der Waals surface area (Å²) in [6.07, 6.45) is 1.36. The summed E-state index contributed by atoms with van der Waals surface area (Å²) < 4.78 is 5.00. The Labute approximate surface area is 68.0 Å². The van der Waals surface area contributed by atoms with Gasteiger partial charge in [0.15, 0.2) is 17.1 Å². The molecule has 3 nitrogen and oxygen atoms in total. The largest absolute Gasteiger partial charge is 0.440 e. The molecule has 0 aliphatic carbocycles. The number of nitrogens with zero attached hydrogens (tertiary/aromatic N) is 2. The van der Waals surface area contributed by atoms with Gasteiger partial charge in [-0.1, -0.05) is 11.6 Å². The standard InChI is InChI=1S/C7H5ClN2O/c1-4-2-5-6(7(8)10-4)11-3-9-5/h2-3H,1H3. The van der Waals surface area contributed by atoms with E-state index in [4.69, 9.17) is 16.0 Å². The number of fused-ring (bicyclic) bond motifs is 1. The summed E-state index contributed by atoms with van der Waals surface area (Å²) in [7, 11) is 0. The van der Waals surface area contributed by atoms with Crippen LogP contribution in [0.4, 0.5) is 0 Å². The molecule has 0 bridgehead atoms. The molecule has 0 saturated carbocycles. The zero-order valence-electron chi connectivity index (χ0n) is 5.84. The number of aryl methyl sites for hydroxylation is 1. The predicted molar refractivity (Wildman–Crippen MR) is 41.6 cm³/mol. The van der Waals surface area contributed by atoms with E-state index in [-0.39, 0.29) is 0 Å². The van der Waals surface area contributed by atoms with Gasteiger partial charge < -0.3 is 4.42 Å². The third-order valence-corrected chi connectivity index (χ3v) is 1.66. The fourth-order valence-corrected chi connectivity index (χ4v) is 1.22. The molecule has 0 aliphatic heterocycles. The summed E-state index contributed by atoms with van der Waals surface area (Å²) in [4.78, 5) is 7.95. The Kier molecular flexibility index (Phi) is 1.32. The maximum atomic E-state index is 5.76. The molecule has 11 heavy (non-hydrogen) atoms. The number of hydrogen-bond donors (Lipinski definition) is 0. The van der Waals surface area contributed by atoms with Crippen molar-refractivity contribution < 1.29 is 4.42 Å². The number of pyridine rings is 1. The average molecular weight is 169 g/mol. The molecule has 0 atom stereocenters. The predicted octanol–water partition coefficient (Wildman–Crippen LogP) is 2.18. The van der Waals surface area contributed by atoms with Crippen LogP contribution in [0, 0.1) is 6.92 Å². The minimum atomic E-state index is 0.373. The third kappa shape index (κ3) is 0.973. The third-order valence-electron chi connectivity index (χ3n) is 1.40. The summed E-state index contributed by atoms with van der Waals surface area (Å²) in [5.74, 6) is 0. The smallest absolute Gasteiger partial charge is 0.191 e. The summed E-state index contributed by atoms with van der Waals surface area (Å²) in [6.45, 7) is 1.86. The molecule has 2 aromatic heterocycles. The zero-order chi connectivity index (χ0) is 7.84. The van der Waals surface area contributed by atoms with Crippen molar-refractivity contribution >= 4 is 22.7 Å². The molecule has 0 amide bonds. The lowest BCUT2D eigenvalue weighted by Gasteiger charge is -1.92. The Morgan fingerprint density at radius 2 is 2.36 bits per heavy atom. The Bertz CT molecular complexity index is 396. The molecule has 0 saturated heterocycles. The molecule has 2 heterocycles. The molecule has 0 aliphatic rings. The minimum absolute atomic E-state index is 0.373. The molecule has 0 N–H and O–H groups in total. The van der Waals surface area contributed by atoms with Crippen molar-refractivity contribution in [1.82, 2.24) is 9.97 Å². The van der Waals surface area contributed by atoms with Gasteiger partial charge in [-0.05, 0) is 13.0 Å². The van der Waals surface area contributed by atoms with Gasteiger partial charge in [0.05, 0.1) is 0 Å². The molecule has 0 aromatic carbocycles. The van der Waals surface area contributed by atoms with Gasteiger partial charge in [0.1, 0.15) is 5.52 Å². The number of rotatable bonds is 0. The first-order chi connectivity index (χ1) is 5.27. The lowest BCUT2D eigenvalue weighted by Crippen LogP contribution is -1.81. The van der Waals surface area contributed by atoms with Gasteiger partial charge in [-0.15, -0.1) is 0 Å². The van der Waals surface area contributed by atoms with Crippen LogP contribution in [0.15, 0.2) is 16.9 Å². The molecule has 56 valence electrons. The van der Waals surface area contributed by atoms with Gasteiger partial charge in [-0.25, -0.2) is 9.97 Å². The van der Waals surface area contributed by atoms with Gasteiger partial charge in [0, 0.05) is 5.69 Å². The normalized spacial score (nSPS) is 10.7. The van der Waals surface area contributed by atoms with E-state index in [1.54, 1.807) is 0 Å². The highest BCUT2D eigenvalue weighted by molar-refractivity contribution is 6.33. The molecule has 0 spiro atoms. The van der Waals surface area contributed by atoms with Crippen molar-refractivity contribution in [1.29, 1.82) is 0 Å². The van der Waals surface area contributed by atoms with Gasteiger partial charge in [-0.3, -0.25) is 0 Å². The van der Waals surface area contributed by atoms with Crippen molar-refractivity contribution in [2.45, 2.75) is 6.92 Å². The van der Waals surface area contributed by atoms with Crippen molar-refractivity contribution in [3.63, 3.8) is 0 Å². The number of halogens is 1. The highest BCUT2D eigenvalue weighted by Gasteiger charge is 2.04. The topological polar surface area (TPSA) is 38.9 Å². The van der Waals surface area contributed by atoms with Crippen LogP contribution >= 0.6 is 11.6 Å². The summed E-state index contributed by atoms with van der Waals surface area (Å²) in [6, 6.07) is 1.82. The van der Waals surface area contributed by atoms with Crippen LogP contribution in [0.25, 0.3) is 11.1 Å². The van der Waals surface area contributed by atoms with E-state index in [0.29, 0.717) is 10.7 Å². The van der Waals surface area contributed by atoms with Gasteiger partial charge in [0.2, 0.25) is 0 Å². The second-order valence-corrected chi connectivity index (χ2v) is 2.61. The Balaban J connectivity index is 2.91. The Morgan fingerprint density at radius 1 is 1.55 bits per heavy atom. The quantitative estimate of drug-likeness (QED) is 0.566. The zero-order valence-corrected chi connectivity index (χ0v) is 6.59. The van der Waals surface area contributed by atoms with Crippen LogP contribution in [0.3, 0.4) is 0 Å². The summed E-state index contributed by atoms with van der Waals surface area (Å²) in [5.41, 5.74) is 2.15. The van der Waals surface area contributed by atoms with Crippen LogP contribution < -0.4 is 0 Å². The molecule has 2 rings (SSSR count). The molecule has 0 fully saturated rings. The fourth-order valence-electron chi connectivity index (χ4n) is 0.948.